The van der Waals surface area contributed by atoms with Crippen molar-refractivity contribution in [1.29, 1.82) is 0 Å². The molecule has 1 aromatic rings. The fourth-order valence-electron chi connectivity index (χ4n) is 2.50. The van der Waals surface area contributed by atoms with Crippen molar-refractivity contribution in [1.82, 2.24) is 0 Å². The van der Waals surface area contributed by atoms with Crippen LogP contribution in [0.1, 0.15) is 12.0 Å². The number of sulfone groups is 1. The van der Waals surface area contributed by atoms with Crippen molar-refractivity contribution in [2.45, 2.75) is 18.2 Å². The highest BCUT2D eigenvalue weighted by Crippen LogP contribution is 2.30. The zero-order chi connectivity index (χ0) is 15.8. The van der Waals surface area contributed by atoms with Crippen LogP contribution in [0.3, 0.4) is 0 Å². The number of primary sulfonamides is 1. The first-order valence-electron chi connectivity index (χ1n) is 6.48. The fraction of sp³-hybridized carbons (Fsp3) is 0.500. The van der Waals surface area contributed by atoms with Crippen LogP contribution in [0, 0.1) is 6.92 Å². The van der Waals surface area contributed by atoms with Crippen molar-refractivity contribution in [3.63, 3.8) is 0 Å². The molecule has 0 unspecified atom stereocenters. The highest BCUT2D eigenvalue weighted by atomic mass is 32.2. The third kappa shape index (κ3) is 3.66. The summed E-state index contributed by atoms with van der Waals surface area (Å²) in [7, 11) is -6.91. The lowest BCUT2D eigenvalue weighted by molar-refractivity contribution is 0.595. The molecule has 0 aromatic heterocycles. The lowest BCUT2D eigenvalue weighted by atomic mass is 10.1. The quantitative estimate of drug-likeness (QED) is 0.725. The summed E-state index contributed by atoms with van der Waals surface area (Å²) in [5.74, 6) is 0.193. The monoisotopic (exact) mass is 333 g/mol. The number of sulfonamides is 1. The Morgan fingerprint density at radius 2 is 1.86 bits per heavy atom. The number of nitrogens with two attached hydrogens (primary N) is 2. The van der Waals surface area contributed by atoms with Gasteiger partial charge in [0.1, 0.15) is 0 Å². The predicted octanol–water partition coefficient (Wildman–Crippen LogP) is -0.150. The van der Waals surface area contributed by atoms with E-state index < -0.39 is 19.9 Å². The average molecular weight is 333 g/mol. The van der Waals surface area contributed by atoms with Crippen LogP contribution in [0.4, 0.5) is 11.4 Å². The molecular weight excluding hydrogens is 314 g/mol. The van der Waals surface area contributed by atoms with Crippen molar-refractivity contribution in [3.05, 3.63) is 17.7 Å². The van der Waals surface area contributed by atoms with E-state index in [0.29, 0.717) is 30.8 Å². The van der Waals surface area contributed by atoms with Gasteiger partial charge in [0.05, 0.1) is 16.4 Å². The molecule has 1 aliphatic rings. The minimum absolute atomic E-state index is 0.0235. The molecule has 1 fully saturated rings. The van der Waals surface area contributed by atoms with Crippen LogP contribution < -0.4 is 15.8 Å². The molecular formula is C12H19N3O4S2. The lowest BCUT2D eigenvalue weighted by Gasteiger charge is -2.25. The van der Waals surface area contributed by atoms with Crippen LogP contribution >= 0.6 is 0 Å². The van der Waals surface area contributed by atoms with Crippen molar-refractivity contribution < 1.29 is 16.8 Å². The van der Waals surface area contributed by atoms with E-state index in [0.717, 1.165) is 0 Å². The van der Waals surface area contributed by atoms with Gasteiger partial charge in [-0.25, -0.2) is 22.0 Å². The SMILES string of the molecule is Cc1c(N2CCCS(=O)(=O)CC2)cc(N)cc1S(N)(=O)=O. The van der Waals surface area contributed by atoms with Gasteiger partial charge in [0.25, 0.3) is 0 Å². The maximum Gasteiger partial charge on any atom is 0.238 e. The first kappa shape index (κ1) is 16.1. The third-order valence-corrected chi connectivity index (χ3v) is 6.31. The molecule has 0 saturated carbocycles. The third-order valence-electron chi connectivity index (χ3n) is 3.56. The summed E-state index contributed by atoms with van der Waals surface area (Å²) >= 11 is 0. The maximum atomic E-state index is 11.7. The first-order valence-corrected chi connectivity index (χ1v) is 9.85. The van der Waals surface area contributed by atoms with Gasteiger partial charge < -0.3 is 10.6 Å². The van der Waals surface area contributed by atoms with E-state index in [1.165, 1.54) is 6.07 Å². The van der Waals surface area contributed by atoms with E-state index >= 15 is 0 Å². The highest BCUT2D eigenvalue weighted by molar-refractivity contribution is 7.91. The maximum absolute atomic E-state index is 11.7. The molecule has 0 amide bonds. The van der Waals surface area contributed by atoms with Crippen LogP contribution in [0.2, 0.25) is 0 Å². The van der Waals surface area contributed by atoms with Gasteiger partial charge in [-0.15, -0.1) is 0 Å². The minimum Gasteiger partial charge on any atom is -0.399 e. The van der Waals surface area contributed by atoms with Crippen LogP contribution in [0.5, 0.6) is 0 Å². The molecule has 0 spiro atoms. The summed E-state index contributed by atoms with van der Waals surface area (Å²) in [6.07, 6.45) is 0.501. The number of benzene rings is 1. The second kappa shape index (κ2) is 5.47. The van der Waals surface area contributed by atoms with E-state index in [9.17, 15) is 16.8 Å². The molecule has 0 aliphatic carbocycles. The van der Waals surface area contributed by atoms with Gasteiger partial charge in [0.2, 0.25) is 10.0 Å². The molecule has 1 aliphatic heterocycles. The zero-order valence-corrected chi connectivity index (χ0v) is 13.4. The molecule has 0 radical (unpaired) electrons. The molecule has 7 nitrogen and oxygen atoms in total. The zero-order valence-electron chi connectivity index (χ0n) is 11.7. The summed E-state index contributed by atoms with van der Waals surface area (Å²) in [5.41, 5.74) is 7.16. The van der Waals surface area contributed by atoms with E-state index in [4.69, 9.17) is 10.9 Å². The Morgan fingerprint density at radius 3 is 2.48 bits per heavy atom. The second-order valence-electron chi connectivity index (χ2n) is 5.20. The van der Waals surface area contributed by atoms with E-state index in [-0.39, 0.29) is 22.1 Å². The summed E-state index contributed by atoms with van der Waals surface area (Å²) in [6.45, 7) is 2.50. The summed E-state index contributed by atoms with van der Waals surface area (Å²) in [6, 6.07) is 2.98. The van der Waals surface area contributed by atoms with Crippen LogP contribution in [0.25, 0.3) is 0 Å². The van der Waals surface area contributed by atoms with Gasteiger partial charge >= 0.3 is 0 Å². The molecule has 118 valence electrons. The normalized spacial score (nSPS) is 19.2. The minimum atomic E-state index is -3.87. The van der Waals surface area contributed by atoms with Crippen LogP contribution in [-0.2, 0) is 19.9 Å². The Labute approximate surface area is 124 Å². The van der Waals surface area contributed by atoms with Crippen molar-refractivity contribution in [3.8, 4) is 0 Å². The van der Waals surface area contributed by atoms with Crippen LogP contribution in [0.15, 0.2) is 17.0 Å². The topological polar surface area (TPSA) is 124 Å². The number of rotatable bonds is 2. The number of hydrogen-bond donors (Lipinski definition) is 2. The van der Waals surface area contributed by atoms with Crippen molar-refractivity contribution >= 4 is 31.2 Å². The van der Waals surface area contributed by atoms with Gasteiger partial charge in [-0.05, 0) is 31.0 Å². The standard InChI is InChI=1S/C12H19N3O4S2/c1-9-11(7-10(13)8-12(9)21(14,18)19)15-3-2-5-20(16,17)6-4-15/h7-8H,2-6,13H2,1H3,(H2,14,18,19). The number of nitrogen functional groups attached to an aromatic ring is 1. The molecule has 0 atom stereocenters. The molecule has 1 heterocycles. The summed E-state index contributed by atoms with van der Waals surface area (Å²) < 4.78 is 46.6. The Morgan fingerprint density at radius 1 is 1.19 bits per heavy atom. The smallest absolute Gasteiger partial charge is 0.238 e. The molecule has 9 heteroatoms. The van der Waals surface area contributed by atoms with Gasteiger partial charge in [-0.2, -0.15) is 0 Å². The molecule has 0 bridgehead atoms. The van der Waals surface area contributed by atoms with E-state index in [1.807, 2.05) is 4.90 Å². The average Bonchev–Trinajstić information content (AvgIpc) is 2.51. The molecule has 21 heavy (non-hydrogen) atoms. The van der Waals surface area contributed by atoms with E-state index in [1.54, 1.807) is 13.0 Å². The van der Waals surface area contributed by atoms with Gasteiger partial charge in [0.15, 0.2) is 9.84 Å². The van der Waals surface area contributed by atoms with Crippen molar-refractivity contribution in [2.24, 2.45) is 5.14 Å². The lowest BCUT2D eigenvalue weighted by Crippen LogP contribution is -2.28. The second-order valence-corrected chi connectivity index (χ2v) is 9.03. The predicted molar refractivity (Wildman–Crippen MR) is 82.4 cm³/mol. The number of nitrogens with zero attached hydrogens (tertiary/aromatic N) is 1. The molecule has 1 aromatic carbocycles. The largest absolute Gasteiger partial charge is 0.399 e. The van der Waals surface area contributed by atoms with Crippen LogP contribution in [-0.4, -0.2) is 41.4 Å². The fourth-order valence-corrected chi connectivity index (χ4v) is 4.60. The molecule has 2 rings (SSSR count). The van der Waals surface area contributed by atoms with Gasteiger partial charge in [-0.1, -0.05) is 0 Å². The Hall–Kier alpha value is -1.32. The number of hydrogen-bond acceptors (Lipinski definition) is 6. The van der Waals surface area contributed by atoms with E-state index in [2.05, 4.69) is 0 Å². The van der Waals surface area contributed by atoms with Gasteiger partial charge in [-0.3, -0.25) is 0 Å². The van der Waals surface area contributed by atoms with Gasteiger partial charge in [0, 0.05) is 24.5 Å². The Bertz CT molecular complexity index is 757. The Kier molecular flexibility index (Phi) is 4.18. The molecule has 4 N–H and O–H groups in total. The summed E-state index contributed by atoms with van der Waals surface area (Å²) in [5, 5.41) is 5.20. The summed E-state index contributed by atoms with van der Waals surface area (Å²) in [4.78, 5) is 1.83. The number of anilines is 2. The molecule has 1 saturated heterocycles. The first-order chi connectivity index (χ1) is 9.60. The van der Waals surface area contributed by atoms with Crippen molar-refractivity contribution in [2.75, 3.05) is 35.2 Å². The highest BCUT2D eigenvalue weighted by Gasteiger charge is 2.23. The Balaban J connectivity index is 2.47.